The summed E-state index contributed by atoms with van der Waals surface area (Å²) in [5.41, 5.74) is -1.32. The van der Waals surface area contributed by atoms with E-state index in [1.165, 1.54) is 5.57 Å². The van der Waals surface area contributed by atoms with Crippen molar-refractivity contribution in [3.63, 3.8) is 0 Å². The first kappa shape index (κ1) is 53.8. The zero-order chi connectivity index (χ0) is 49.5. The van der Waals surface area contributed by atoms with Crippen molar-refractivity contribution in [3.8, 4) is 0 Å². The fourth-order valence-corrected chi connectivity index (χ4v) is 14.2. The maximum Gasteiger partial charge on any atom is 0.187 e. The van der Waals surface area contributed by atoms with Gasteiger partial charge in [-0.05, 0) is 99.7 Å². The molecule has 19 heteroatoms. The molecule has 3 saturated heterocycles. The minimum Gasteiger partial charge on any atom is -0.394 e. The summed E-state index contributed by atoms with van der Waals surface area (Å²) < 4.78 is 35.9. The number of ether oxygens (including phenoxy) is 6. The number of aliphatic hydroxyl groups excluding tert-OH is 12. The van der Waals surface area contributed by atoms with Crippen molar-refractivity contribution >= 4 is 0 Å². The highest BCUT2D eigenvalue weighted by molar-refractivity contribution is 5.31. The van der Waals surface area contributed by atoms with Crippen LogP contribution in [0.5, 0.6) is 0 Å². The summed E-state index contributed by atoms with van der Waals surface area (Å²) in [7, 11) is 0. The van der Waals surface area contributed by atoms with Crippen molar-refractivity contribution in [1.82, 2.24) is 0 Å². The molecule has 0 aromatic carbocycles. The molecule has 3 heterocycles. The number of fused-ring (bicyclic) bond motifs is 5. The second-order valence-corrected chi connectivity index (χ2v) is 23.0. The molecular weight excluding hydrogens is 881 g/mol. The first-order valence-corrected chi connectivity index (χ1v) is 24.5. The second-order valence-electron chi connectivity index (χ2n) is 23.0. The lowest BCUT2D eigenvalue weighted by Crippen LogP contribution is -2.67. The van der Waals surface area contributed by atoms with Crippen molar-refractivity contribution in [2.45, 2.75) is 223 Å². The van der Waals surface area contributed by atoms with Crippen LogP contribution < -0.4 is 0 Å². The van der Waals surface area contributed by atoms with Gasteiger partial charge < -0.3 is 94.8 Å². The van der Waals surface area contributed by atoms with Gasteiger partial charge in [-0.3, -0.25) is 0 Å². The van der Waals surface area contributed by atoms with Crippen molar-refractivity contribution in [1.29, 1.82) is 0 Å². The zero-order valence-electron chi connectivity index (χ0n) is 40.3. The molecule has 0 amide bonds. The Hall–Kier alpha value is -1.02. The fraction of sp³-hybridized carbons (Fsp3) is 0.958. The van der Waals surface area contributed by atoms with Crippen LogP contribution in [0.25, 0.3) is 0 Å². The lowest BCUT2D eigenvalue weighted by molar-refractivity contribution is -0.393. The standard InChI is InChI=1S/C48H82O19/c1-21(22-15-16-46(6)28-12-10-23-24(11-13-29(52)44(23,2)3)48(28,8)30(53)17-47(22,46)7)9-14-31(45(4,5)61)65-43-40(67-42-37(59)35(57)33(55)26(19-50)63-42)38(60)39(27(20-51)64-43)66-41-36(58)34(56)32(54)25(18-49)62-41/h10,21-22,24-43,49-61H,9,11-20H2,1-8H3/t21-,22?,24?,25-,26-,27-,28?,29+,30-,31-,32-,33-,34+,35+,36-,37-,38+,39-,40-,41+,42+,43+,46+,47-,48+/m1/s1. The minimum absolute atomic E-state index is 0.0795. The molecular formula is C48H82O19. The van der Waals surface area contributed by atoms with Crippen molar-refractivity contribution in [2.75, 3.05) is 19.8 Å². The Labute approximate surface area is 393 Å². The topological polar surface area (TPSA) is 318 Å². The molecule has 3 aliphatic heterocycles. The summed E-state index contributed by atoms with van der Waals surface area (Å²) in [6.45, 7) is 14.2. The highest BCUT2D eigenvalue weighted by Crippen LogP contribution is 2.75. The Bertz CT molecular complexity index is 1710. The molecule has 19 nitrogen and oxygen atoms in total. The lowest BCUT2D eigenvalue weighted by Gasteiger charge is -2.67. The van der Waals surface area contributed by atoms with E-state index in [9.17, 15) is 66.4 Å². The van der Waals surface area contributed by atoms with E-state index in [4.69, 9.17) is 28.4 Å². The number of aliphatic hydroxyl groups is 13. The van der Waals surface area contributed by atoms with Crippen LogP contribution in [-0.2, 0) is 28.4 Å². The van der Waals surface area contributed by atoms with Crippen molar-refractivity contribution in [2.24, 2.45) is 45.3 Å². The zero-order valence-corrected chi connectivity index (χ0v) is 40.3. The molecule has 0 spiro atoms. The first-order valence-electron chi connectivity index (χ1n) is 24.5. The summed E-state index contributed by atoms with van der Waals surface area (Å²) in [6.07, 6.45) is -19.7. The maximum atomic E-state index is 12.4. The fourth-order valence-electron chi connectivity index (χ4n) is 14.2. The smallest absolute Gasteiger partial charge is 0.187 e. The largest absolute Gasteiger partial charge is 0.394 e. The summed E-state index contributed by atoms with van der Waals surface area (Å²) in [4.78, 5) is 0. The molecule has 0 bridgehead atoms. The quantitative estimate of drug-likeness (QED) is 0.0924. The monoisotopic (exact) mass is 963 g/mol. The number of rotatable bonds is 14. The van der Waals surface area contributed by atoms with Gasteiger partial charge in [-0.25, -0.2) is 0 Å². The molecule has 67 heavy (non-hydrogen) atoms. The van der Waals surface area contributed by atoms with E-state index < -0.39 is 136 Å². The SMILES string of the molecule is C[C@H](CC[C@@H](O[C@@H]1O[C@H](CO)[C@@H](O[C@@H]2O[C@H](CO)[C@@H](O)[C@H](O)[C@H]2O)[C@H](O)[C@H]1O[C@@H]1O[C@H](CO)[C@@H](O)[C@H](O)[C@H]1O)C(C)(C)O)C1CC[C@@]2(C)C3CC=C4C(CC[C@H](O)C4(C)C)[C@]3(C)[C@H](O)C[C@]12C. The third-order valence-electron chi connectivity index (χ3n) is 18.7. The van der Waals surface area contributed by atoms with Gasteiger partial charge in [0.05, 0.1) is 43.7 Å². The van der Waals surface area contributed by atoms with Gasteiger partial charge in [0, 0.05) is 10.8 Å². The van der Waals surface area contributed by atoms with Gasteiger partial charge >= 0.3 is 0 Å². The van der Waals surface area contributed by atoms with Crippen LogP contribution in [0, 0.1) is 45.3 Å². The Kier molecular flexibility index (Phi) is 15.9. The Morgan fingerprint density at radius 1 is 0.642 bits per heavy atom. The molecule has 4 aliphatic carbocycles. The normalized spacial score (nSPS) is 51.0. The molecule has 0 aromatic heterocycles. The molecule has 7 rings (SSSR count). The Balaban J connectivity index is 1.12. The van der Waals surface area contributed by atoms with E-state index >= 15 is 0 Å². The summed E-state index contributed by atoms with van der Waals surface area (Å²) in [5, 5.41) is 141. The van der Waals surface area contributed by atoms with Crippen LogP contribution in [0.4, 0.5) is 0 Å². The van der Waals surface area contributed by atoms with Gasteiger partial charge in [-0.2, -0.15) is 0 Å². The van der Waals surface area contributed by atoms with Crippen molar-refractivity contribution < 1.29 is 94.8 Å². The van der Waals surface area contributed by atoms with E-state index in [-0.39, 0.29) is 51.8 Å². The Morgan fingerprint density at radius 2 is 1.18 bits per heavy atom. The minimum atomic E-state index is -1.93. The summed E-state index contributed by atoms with van der Waals surface area (Å²) in [5.74, 6) is 0.678. The van der Waals surface area contributed by atoms with E-state index in [0.29, 0.717) is 19.3 Å². The van der Waals surface area contributed by atoms with Crippen LogP contribution >= 0.6 is 0 Å². The van der Waals surface area contributed by atoms with Gasteiger partial charge in [0.2, 0.25) is 0 Å². The van der Waals surface area contributed by atoms with Crippen LogP contribution in [0.3, 0.4) is 0 Å². The Morgan fingerprint density at radius 3 is 1.72 bits per heavy atom. The van der Waals surface area contributed by atoms with Gasteiger partial charge in [0.15, 0.2) is 18.9 Å². The van der Waals surface area contributed by atoms with Gasteiger partial charge in [-0.1, -0.05) is 53.2 Å². The second kappa shape index (κ2) is 19.8. The van der Waals surface area contributed by atoms with Crippen LogP contribution in [0.15, 0.2) is 11.6 Å². The first-order chi connectivity index (χ1) is 31.2. The summed E-state index contributed by atoms with van der Waals surface area (Å²) >= 11 is 0. The molecule has 7 aliphatic rings. The van der Waals surface area contributed by atoms with E-state index in [1.54, 1.807) is 13.8 Å². The molecule has 388 valence electrons. The van der Waals surface area contributed by atoms with E-state index in [1.807, 2.05) is 0 Å². The van der Waals surface area contributed by atoms with Crippen molar-refractivity contribution in [3.05, 3.63) is 11.6 Å². The number of hydrogen-bond acceptors (Lipinski definition) is 19. The highest BCUT2D eigenvalue weighted by Gasteiger charge is 2.70. The van der Waals surface area contributed by atoms with E-state index in [0.717, 1.165) is 25.7 Å². The van der Waals surface area contributed by atoms with Crippen LogP contribution in [0.1, 0.15) is 107 Å². The van der Waals surface area contributed by atoms with Gasteiger partial charge in [0.1, 0.15) is 73.2 Å². The molecule has 3 unspecified atom stereocenters. The third kappa shape index (κ3) is 9.13. The average molecular weight is 963 g/mol. The molecule has 25 atom stereocenters. The van der Waals surface area contributed by atoms with Crippen LogP contribution in [0.2, 0.25) is 0 Å². The van der Waals surface area contributed by atoms with E-state index in [2.05, 4.69) is 47.6 Å². The number of allylic oxidation sites excluding steroid dienone is 1. The average Bonchev–Trinajstić information content (AvgIpc) is 3.54. The van der Waals surface area contributed by atoms with Crippen LogP contribution in [-0.4, -0.2) is 202 Å². The maximum absolute atomic E-state index is 12.4. The van der Waals surface area contributed by atoms with Gasteiger partial charge in [0.25, 0.3) is 0 Å². The molecule has 13 N–H and O–H groups in total. The van der Waals surface area contributed by atoms with Gasteiger partial charge in [-0.15, -0.1) is 0 Å². The summed E-state index contributed by atoms with van der Waals surface area (Å²) in [6, 6.07) is 0. The highest BCUT2D eigenvalue weighted by atomic mass is 16.8. The lowest BCUT2D eigenvalue weighted by atomic mass is 9.38. The predicted octanol–water partition coefficient (Wildman–Crippen LogP) is -1.06. The molecule has 3 saturated carbocycles. The number of hydrogen-bond donors (Lipinski definition) is 13. The molecule has 0 aromatic rings. The predicted molar refractivity (Wildman–Crippen MR) is 235 cm³/mol. The third-order valence-corrected chi connectivity index (χ3v) is 18.7. The molecule has 6 fully saturated rings. The molecule has 0 radical (unpaired) electrons.